The molecule has 6 nitrogen and oxygen atoms in total. The summed E-state index contributed by atoms with van der Waals surface area (Å²) in [7, 11) is 0. The first kappa shape index (κ1) is 29.7. The summed E-state index contributed by atoms with van der Waals surface area (Å²) >= 11 is 1.49. The second kappa shape index (κ2) is 12.9. The lowest BCUT2D eigenvalue weighted by atomic mass is 10.0. The van der Waals surface area contributed by atoms with Gasteiger partial charge in [-0.05, 0) is 81.1 Å². The Morgan fingerprint density at radius 2 is 1.95 bits per heavy atom. The summed E-state index contributed by atoms with van der Waals surface area (Å²) in [5.41, 5.74) is 3.64. The maximum Gasteiger partial charge on any atom is 0.251 e. The van der Waals surface area contributed by atoms with E-state index in [1.807, 2.05) is 40.9 Å². The van der Waals surface area contributed by atoms with Crippen molar-refractivity contribution in [1.29, 1.82) is 0 Å². The van der Waals surface area contributed by atoms with E-state index in [0.717, 1.165) is 66.2 Å². The summed E-state index contributed by atoms with van der Waals surface area (Å²) in [5.74, 6) is -0.359. The number of aromatic nitrogens is 2. The van der Waals surface area contributed by atoms with Crippen molar-refractivity contribution in [2.45, 2.75) is 44.3 Å². The average Bonchev–Trinajstić information content (AvgIpc) is 3.64. The van der Waals surface area contributed by atoms with Crippen LogP contribution in [0.1, 0.15) is 54.1 Å². The number of fused-ring (bicyclic) bond motifs is 3. The van der Waals surface area contributed by atoms with Gasteiger partial charge in [-0.1, -0.05) is 17.4 Å². The quantitative estimate of drug-likeness (QED) is 0.251. The van der Waals surface area contributed by atoms with Gasteiger partial charge in [0.1, 0.15) is 12.0 Å². The van der Waals surface area contributed by atoms with Crippen LogP contribution in [0.2, 0.25) is 0 Å². The second-order valence-corrected chi connectivity index (χ2v) is 11.1. The molecule has 2 aliphatic rings. The van der Waals surface area contributed by atoms with Gasteiger partial charge in [0.05, 0.1) is 15.9 Å². The Morgan fingerprint density at radius 3 is 2.69 bits per heavy atom. The van der Waals surface area contributed by atoms with Crippen LogP contribution in [0.15, 0.2) is 42.6 Å². The number of rotatable bonds is 7. The molecule has 4 aromatic rings. The van der Waals surface area contributed by atoms with Crippen molar-refractivity contribution in [1.82, 2.24) is 24.9 Å². The van der Waals surface area contributed by atoms with Crippen LogP contribution in [0.4, 0.5) is 8.78 Å². The molecule has 2 fully saturated rings. The SMILES string of the molecule is Cl.Cl.O=C(NCCCN1CCC(F)CC1)c1ccc2c(c1)sc1nc(-c3ccc([C@@H]4CCCN4)cc3F)cn12. The fraction of sp³-hybridized carbons (Fsp3) is 0.429. The highest BCUT2D eigenvalue weighted by Gasteiger charge is 2.20. The van der Waals surface area contributed by atoms with E-state index in [2.05, 4.69) is 20.5 Å². The number of carbonyl (C=O) groups is 1. The minimum atomic E-state index is -0.663. The summed E-state index contributed by atoms with van der Waals surface area (Å²) in [6, 6.07) is 11.3. The summed E-state index contributed by atoms with van der Waals surface area (Å²) in [5, 5.41) is 6.41. The highest BCUT2D eigenvalue weighted by molar-refractivity contribution is 7.23. The van der Waals surface area contributed by atoms with Crippen molar-refractivity contribution in [3.63, 3.8) is 0 Å². The highest BCUT2D eigenvalue weighted by atomic mass is 35.5. The van der Waals surface area contributed by atoms with E-state index in [1.165, 1.54) is 11.3 Å². The normalized spacial score (nSPS) is 18.3. The van der Waals surface area contributed by atoms with Crippen molar-refractivity contribution in [3.05, 3.63) is 59.5 Å². The Balaban J connectivity index is 0.00000176. The summed E-state index contributed by atoms with van der Waals surface area (Å²) < 4.78 is 31.2. The van der Waals surface area contributed by atoms with Gasteiger partial charge < -0.3 is 15.5 Å². The van der Waals surface area contributed by atoms with Crippen molar-refractivity contribution < 1.29 is 13.6 Å². The summed E-state index contributed by atoms with van der Waals surface area (Å²) in [6.07, 6.45) is 5.41. The number of thiazole rings is 1. The predicted octanol–water partition coefficient (Wildman–Crippen LogP) is 6.18. The van der Waals surface area contributed by atoms with E-state index in [0.29, 0.717) is 36.2 Å². The number of nitrogens with zero attached hydrogens (tertiary/aromatic N) is 3. The van der Waals surface area contributed by atoms with Crippen LogP contribution in [0.25, 0.3) is 26.4 Å². The van der Waals surface area contributed by atoms with Crippen LogP contribution in [0, 0.1) is 5.82 Å². The van der Waals surface area contributed by atoms with Crippen molar-refractivity contribution in [2.24, 2.45) is 0 Å². The van der Waals surface area contributed by atoms with E-state index < -0.39 is 6.17 Å². The molecule has 2 aromatic heterocycles. The van der Waals surface area contributed by atoms with Crippen LogP contribution < -0.4 is 10.6 Å². The molecule has 2 saturated heterocycles. The number of carbonyl (C=O) groups excluding carboxylic acids is 1. The minimum absolute atomic E-state index is 0. The molecule has 6 rings (SSSR count). The zero-order chi connectivity index (χ0) is 25.4. The fourth-order valence-corrected chi connectivity index (χ4v) is 6.48. The number of hydrogen-bond donors (Lipinski definition) is 2. The Morgan fingerprint density at radius 1 is 1.13 bits per heavy atom. The molecular formula is C28H33Cl2F2N5OS. The standard InChI is InChI=1S/C28H31F2N5OS.2ClH/c29-20-8-13-34(14-9-20)12-2-11-32-27(36)19-5-7-25-26(16-19)37-28-33-24(17-35(25)28)21-6-4-18(15-22(21)30)23-3-1-10-31-23;;/h4-7,15-17,20,23,31H,1-3,8-14H2,(H,32,36);2*1H/t23-;;/m0../s1. The van der Waals surface area contributed by atoms with Crippen LogP contribution >= 0.6 is 36.2 Å². The van der Waals surface area contributed by atoms with E-state index in [-0.39, 0.29) is 42.6 Å². The molecule has 0 unspecified atom stereocenters. The molecule has 0 bridgehead atoms. The van der Waals surface area contributed by atoms with Crippen molar-refractivity contribution in [2.75, 3.05) is 32.7 Å². The Hall–Kier alpha value is -2.30. The van der Waals surface area contributed by atoms with Gasteiger partial charge in [0.25, 0.3) is 5.91 Å². The molecule has 2 aliphatic heterocycles. The largest absolute Gasteiger partial charge is 0.352 e. The number of imidazole rings is 1. The lowest BCUT2D eigenvalue weighted by Crippen LogP contribution is -2.36. The first-order chi connectivity index (χ1) is 18.0. The predicted molar refractivity (Wildman–Crippen MR) is 158 cm³/mol. The lowest BCUT2D eigenvalue weighted by Gasteiger charge is -2.28. The van der Waals surface area contributed by atoms with E-state index >= 15 is 0 Å². The number of benzene rings is 2. The van der Waals surface area contributed by atoms with E-state index in [4.69, 9.17) is 0 Å². The summed E-state index contributed by atoms with van der Waals surface area (Å²) in [6.45, 7) is 4.03. The average molecular weight is 597 g/mol. The minimum Gasteiger partial charge on any atom is -0.352 e. The Kier molecular flexibility index (Phi) is 9.82. The van der Waals surface area contributed by atoms with Gasteiger partial charge in [-0.15, -0.1) is 24.8 Å². The van der Waals surface area contributed by atoms with Gasteiger partial charge in [0.2, 0.25) is 0 Å². The Bertz CT molecular complexity index is 1430. The monoisotopic (exact) mass is 595 g/mol. The Labute approximate surface area is 243 Å². The van der Waals surface area contributed by atoms with Gasteiger partial charge in [0, 0.05) is 43.0 Å². The lowest BCUT2D eigenvalue weighted by molar-refractivity contribution is 0.0950. The molecular weight excluding hydrogens is 563 g/mol. The number of hydrogen-bond acceptors (Lipinski definition) is 5. The third kappa shape index (κ3) is 6.38. The molecule has 4 heterocycles. The number of amides is 1. The maximum atomic E-state index is 15.0. The number of halogens is 4. The zero-order valence-corrected chi connectivity index (χ0v) is 23.9. The molecule has 11 heteroatoms. The highest BCUT2D eigenvalue weighted by Crippen LogP contribution is 2.32. The molecule has 0 radical (unpaired) electrons. The zero-order valence-electron chi connectivity index (χ0n) is 21.5. The van der Waals surface area contributed by atoms with E-state index in [9.17, 15) is 13.6 Å². The third-order valence-corrected chi connectivity index (χ3v) is 8.56. The molecule has 0 aliphatic carbocycles. The van der Waals surface area contributed by atoms with Gasteiger partial charge in [-0.25, -0.2) is 13.8 Å². The number of alkyl halides is 1. The molecule has 1 atom stereocenters. The molecule has 2 aromatic carbocycles. The van der Waals surface area contributed by atoms with Gasteiger partial charge in [-0.2, -0.15) is 0 Å². The smallest absolute Gasteiger partial charge is 0.251 e. The number of piperidine rings is 1. The first-order valence-corrected chi connectivity index (χ1v) is 14.0. The van der Waals surface area contributed by atoms with Gasteiger partial charge >= 0.3 is 0 Å². The van der Waals surface area contributed by atoms with E-state index in [1.54, 1.807) is 6.07 Å². The first-order valence-electron chi connectivity index (χ1n) is 13.1. The van der Waals surface area contributed by atoms with Crippen molar-refractivity contribution >= 4 is 57.2 Å². The van der Waals surface area contributed by atoms with Crippen LogP contribution in [0.3, 0.4) is 0 Å². The molecule has 2 N–H and O–H groups in total. The van der Waals surface area contributed by atoms with Crippen LogP contribution in [0.5, 0.6) is 0 Å². The second-order valence-electron chi connectivity index (χ2n) is 10.1. The van der Waals surface area contributed by atoms with Gasteiger partial charge in [0.15, 0.2) is 4.96 Å². The van der Waals surface area contributed by atoms with Crippen LogP contribution in [-0.4, -0.2) is 59.1 Å². The summed E-state index contributed by atoms with van der Waals surface area (Å²) in [4.78, 5) is 20.4. The molecule has 0 spiro atoms. The van der Waals surface area contributed by atoms with Crippen LogP contribution in [-0.2, 0) is 0 Å². The molecule has 1 amide bonds. The van der Waals surface area contributed by atoms with Crippen molar-refractivity contribution in [3.8, 4) is 11.3 Å². The third-order valence-electron chi connectivity index (χ3n) is 7.54. The molecule has 0 saturated carbocycles. The van der Waals surface area contributed by atoms with Gasteiger partial charge in [-0.3, -0.25) is 9.20 Å². The maximum absolute atomic E-state index is 15.0. The number of nitrogens with one attached hydrogen (secondary N) is 2. The number of likely N-dealkylation sites (tertiary alicyclic amines) is 1. The molecule has 39 heavy (non-hydrogen) atoms. The molecule has 210 valence electrons. The topological polar surface area (TPSA) is 61.7 Å². The fourth-order valence-electron chi connectivity index (χ4n) is 5.43.